The minimum Gasteiger partial charge on any atom is -0.295 e. The van der Waals surface area contributed by atoms with Crippen LogP contribution in [0, 0.1) is 0 Å². The Morgan fingerprint density at radius 2 is 2.00 bits per heavy atom. The summed E-state index contributed by atoms with van der Waals surface area (Å²) in [7, 11) is 0. The topological polar surface area (TPSA) is 17.1 Å². The highest BCUT2D eigenvalue weighted by Gasteiger charge is 2.00. The van der Waals surface area contributed by atoms with Crippen molar-refractivity contribution < 1.29 is 4.79 Å². The van der Waals surface area contributed by atoms with Gasteiger partial charge in [0.2, 0.25) is 0 Å². The number of hydrogen-bond donors (Lipinski definition) is 0. The molecular weight excluding hydrogens is 236 g/mol. The first-order chi connectivity index (χ1) is 7.75. The summed E-state index contributed by atoms with van der Waals surface area (Å²) in [6, 6.07) is 9.93. The van der Waals surface area contributed by atoms with Crippen LogP contribution in [0.2, 0.25) is 0 Å². The molecule has 1 heterocycles. The molecule has 3 heteroatoms. The van der Waals surface area contributed by atoms with Crippen molar-refractivity contribution in [3.63, 3.8) is 0 Å². The lowest BCUT2D eigenvalue weighted by molar-refractivity contribution is 0.101. The van der Waals surface area contributed by atoms with Gasteiger partial charge in [0.05, 0.1) is 0 Å². The van der Waals surface area contributed by atoms with E-state index in [1.807, 2.05) is 24.3 Å². The van der Waals surface area contributed by atoms with Crippen LogP contribution in [0.25, 0.3) is 0 Å². The molecule has 0 saturated heterocycles. The maximum absolute atomic E-state index is 11.1. The molecule has 0 aliphatic carbocycles. The molecule has 82 valence electrons. The lowest BCUT2D eigenvalue weighted by Gasteiger charge is -2.01. The van der Waals surface area contributed by atoms with Crippen molar-refractivity contribution >= 4 is 28.9 Å². The molecule has 2 rings (SSSR count). The molecule has 0 unspecified atom stereocenters. The van der Waals surface area contributed by atoms with Gasteiger partial charge in [-0.25, -0.2) is 0 Å². The van der Waals surface area contributed by atoms with Gasteiger partial charge in [0.15, 0.2) is 5.78 Å². The average Bonchev–Trinajstić information content (AvgIpc) is 2.80. The van der Waals surface area contributed by atoms with Crippen LogP contribution in [-0.2, 0) is 5.75 Å². The summed E-state index contributed by atoms with van der Waals surface area (Å²) >= 11 is 3.52. The monoisotopic (exact) mass is 248 g/mol. The predicted octanol–water partition coefficient (Wildman–Crippen LogP) is 4.24. The second-order valence-electron chi connectivity index (χ2n) is 3.50. The molecule has 16 heavy (non-hydrogen) atoms. The van der Waals surface area contributed by atoms with E-state index in [0.717, 1.165) is 11.3 Å². The maximum atomic E-state index is 11.1. The highest BCUT2D eigenvalue weighted by atomic mass is 32.2. The first-order valence-electron chi connectivity index (χ1n) is 5.00. The van der Waals surface area contributed by atoms with Crippen LogP contribution >= 0.6 is 23.1 Å². The fourth-order valence-electron chi connectivity index (χ4n) is 1.33. The summed E-state index contributed by atoms with van der Waals surface area (Å²) in [4.78, 5) is 12.3. The second kappa shape index (κ2) is 5.32. The Hall–Kier alpha value is -1.06. The first kappa shape index (κ1) is 11.4. The third kappa shape index (κ3) is 2.97. The van der Waals surface area contributed by atoms with Crippen molar-refractivity contribution in [2.45, 2.75) is 17.6 Å². The van der Waals surface area contributed by atoms with E-state index in [9.17, 15) is 4.79 Å². The van der Waals surface area contributed by atoms with E-state index in [1.165, 1.54) is 10.5 Å². The SMILES string of the molecule is CC(=O)c1ccc(SCc2ccsc2)cc1. The van der Waals surface area contributed by atoms with Gasteiger partial charge in [-0.2, -0.15) is 11.3 Å². The van der Waals surface area contributed by atoms with Gasteiger partial charge >= 0.3 is 0 Å². The number of Topliss-reactive ketones (excluding diaryl/α,β-unsaturated/α-hetero) is 1. The largest absolute Gasteiger partial charge is 0.295 e. The molecule has 0 aliphatic heterocycles. The van der Waals surface area contributed by atoms with Crippen LogP contribution in [0.5, 0.6) is 0 Å². The fourth-order valence-corrected chi connectivity index (χ4v) is 2.94. The standard InChI is InChI=1S/C13H12OS2/c1-10(14)12-2-4-13(5-3-12)16-9-11-6-7-15-8-11/h2-8H,9H2,1H3. The van der Waals surface area contributed by atoms with Crippen molar-refractivity contribution in [1.82, 2.24) is 0 Å². The van der Waals surface area contributed by atoms with Crippen LogP contribution < -0.4 is 0 Å². The number of ketones is 1. The van der Waals surface area contributed by atoms with Crippen molar-refractivity contribution in [3.8, 4) is 0 Å². The van der Waals surface area contributed by atoms with E-state index in [-0.39, 0.29) is 5.78 Å². The van der Waals surface area contributed by atoms with E-state index >= 15 is 0 Å². The molecule has 0 saturated carbocycles. The van der Waals surface area contributed by atoms with E-state index in [1.54, 1.807) is 30.0 Å². The second-order valence-corrected chi connectivity index (χ2v) is 5.33. The zero-order chi connectivity index (χ0) is 11.4. The Morgan fingerprint density at radius 3 is 2.56 bits per heavy atom. The number of carbonyl (C=O) groups is 1. The Kier molecular flexibility index (Phi) is 3.80. The maximum Gasteiger partial charge on any atom is 0.159 e. The average molecular weight is 248 g/mol. The van der Waals surface area contributed by atoms with Crippen LogP contribution in [0.3, 0.4) is 0 Å². The summed E-state index contributed by atoms with van der Waals surface area (Å²) in [5, 5.41) is 4.26. The Morgan fingerprint density at radius 1 is 1.25 bits per heavy atom. The summed E-state index contributed by atoms with van der Waals surface area (Å²) in [5.74, 6) is 1.11. The van der Waals surface area contributed by atoms with Crippen molar-refractivity contribution in [2.75, 3.05) is 0 Å². The number of thioether (sulfide) groups is 1. The molecule has 0 radical (unpaired) electrons. The van der Waals surface area contributed by atoms with Crippen molar-refractivity contribution in [3.05, 3.63) is 52.2 Å². The van der Waals surface area contributed by atoms with E-state index in [0.29, 0.717) is 0 Å². The lowest BCUT2D eigenvalue weighted by Crippen LogP contribution is -1.90. The molecule has 0 N–H and O–H groups in total. The predicted molar refractivity (Wildman–Crippen MR) is 70.3 cm³/mol. The highest BCUT2D eigenvalue weighted by molar-refractivity contribution is 7.98. The summed E-state index contributed by atoms with van der Waals surface area (Å²) < 4.78 is 0. The molecule has 0 bridgehead atoms. The summed E-state index contributed by atoms with van der Waals surface area (Å²) in [5.41, 5.74) is 2.13. The molecule has 0 spiro atoms. The van der Waals surface area contributed by atoms with Gasteiger partial charge in [0.25, 0.3) is 0 Å². The zero-order valence-electron chi connectivity index (χ0n) is 8.97. The molecule has 0 atom stereocenters. The molecule has 1 aromatic carbocycles. The van der Waals surface area contributed by atoms with Gasteiger partial charge < -0.3 is 0 Å². The van der Waals surface area contributed by atoms with E-state index in [4.69, 9.17) is 0 Å². The van der Waals surface area contributed by atoms with Gasteiger partial charge in [-0.15, -0.1) is 11.8 Å². The van der Waals surface area contributed by atoms with Crippen molar-refractivity contribution in [2.24, 2.45) is 0 Å². The first-order valence-corrected chi connectivity index (χ1v) is 6.93. The minimum absolute atomic E-state index is 0.120. The zero-order valence-corrected chi connectivity index (χ0v) is 10.6. The Labute approximate surface area is 104 Å². The van der Waals surface area contributed by atoms with Gasteiger partial charge in [0.1, 0.15) is 0 Å². The summed E-state index contributed by atoms with van der Waals surface area (Å²) in [6.07, 6.45) is 0. The summed E-state index contributed by atoms with van der Waals surface area (Å²) in [6.45, 7) is 1.59. The van der Waals surface area contributed by atoms with Crippen LogP contribution in [0.4, 0.5) is 0 Å². The van der Waals surface area contributed by atoms with Crippen LogP contribution in [0.15, 0.2) is 46.0 Å². The van der Waals surface area contributed by atoms with Gasteiger partial charge in [-0.3, -0.25) is 4.79 Å². The van der Waals surface area contributed by atoms with E-state index in [2.05, 4.69) is 16.8 Å². The molecule has 0 fully saturated rings. The molecule has 2 aromatic rings. The molecule has 0 aliphatic rings. The lowest BCUT2D eigenvalue weighted by atomic mass is 10.2. The molecule has 1 aromatic heterocycles. The van der Waals surface area contributed by atoms with E-state index < -0.39 is 0 Å². The van der Waals surface area contributed by atoms with Gasteiger partial charge in [-0.1, -0.05) is 12.1 Å². The van der Waals surface area contributed by atoms with Gasteiger partial charge in [-0.05, 0) is 41.4 Å². The van der Waals surface area contributed by atoms with Crippen LogP contribution in [-0.4, -0.2) is 5.78 Å². The third-order valence-corrected chi connectivity index (χ3v) is 4.06. The normalized spacial score (nSPS) is 10.3. The molecule has 0 amide bonds. The smallest absolute Gasteiger partial charge is 0.159 e. The van der Waals surface area contributed by atoms with Crippen LogP contribution in [0.1, 0.15) is 22.8 Å². The number of thiophene rings is 1. The van der Waals surface area contributed by atoms with Gasteiger partial charge in [0, 0.05) is 16.2 Å². The Bertz CT molecular complexity index is 457. The number of benzene rings is 1. The number of carbonyl (C=O) groups excluding carboxylic acids is 1. The fraction of sp³-hybridized carbons (Fsp3) is 0.154. The molecular formula is C13H12OS2. The Balaban J connectivity index is 1.98. The number of rotatable bonds is 4. The quantitative estimate of drug-likeness (QED) is 0.594. The number of hydrogen-bond acceptors (Lipinski definition) is 3. The molecule has 1 nitrogen and oxygen atoms in total. The third-order valence-electron chi connectivity index (χ3n) is 2.25. The van der Waals surface area contributed by atoms with Crippen molar-refractivity contribution in [1.29, 1.82) is 0 Å². The highest BCUT2D eigenvalue weighted by Crippen LogP contribution is 2.24. The minimum atomic E-state index is 0.120.